The first kappa shape index (κ1) is 22.1. The molecule has 1 amide bonds. The van der Waals surface area contributed by atoms with Crippen molar-refractivity contribution < 1.29 is 18.5 Å². The van der Waals surface area contributed by atoms with Crippen molar-refractivity contribution in [3.63, 3.8) is 0 Å². The Morgan fingerprint density at radius 2 is 1.80 bits per heavy atom. The van der Waals surface area contributed by atoms with E-state index in [-0.39, 0.29) is 5.69 Å². The molecule has 0 fully saturated rings. The Kier molecular flexibility index (Phi) is 5.61. The van der Waals surface area contributed by atoms with E-state index in [2.05, 4.69) is 25.5 Å². The highest BCUT2D eigenvalue weighted by molar-refractivity contribution is 6.03. The van der Waals surface area contributed by atoms with Gasteiger partial charge in [0.2, 0.25) is 11.6 Å². The summed E-state index contributed by atoms with van der Waals surface area (Å²) in [7, 11) is 0. The molecule has 10 heteroatoms. The fourth-order valence-corrected chi connectivity index (χ4v) is 3.47. The van der Waals surface area contributed by atoms with Crippen LogP contribution in [0.25, 0.3) is 17.3 Å². The Morgan fingerprint density at radius 3 is 2.49 bits per heavy atom. The summed E-state index contributed by atoms with van der Waals surface area (Å²) in [6.45, 7) is 7.79. The van der Waals surface area contributed by atoms with E-state index in [1.165, 1.54) is 12.3 Å². The van der Waals surface area contributed by atoms with Crippen LogP contribution in [0.3, 0.4) is 0 Å². The molecular formula is C25H22N6O4. The van der Waals surface area contributed by atoms with Crippen LogP contribution in [0.1, 0.15) is 33.3 Å². The predicted molar refractivity (Wildman–Crippen MR) is 127 cm³/mol. The lowest BCUT2D eigenvalue weighted by Gasteiger charge is -2.10. The highest BCUT2D eigenvalue weighted by Gasteiger charge is 2.16. The van der Waals surface area contributed by atoms with Crippen LogP contribution >= 0.6 is 0 Å². The third-order valence-electron chi connectivity index (χ3n) is 5.51. The lowest BCUT2D eigenvalue weighted by Crippen LogP contribution is -2.12. The molecule has 0 bridgehead atoms. The van der Waals surface area contributed by atoms with E-state index in [1.807, 2.05) is 20.8 Å². The van der Waals surface area contributed by atoms with E-state index in [4.69, 9.17) is 13.7 Å². The van der Waals surface area contributed by atoms with Crippen molar-refractivity contribution in [1.82, 2.24) is 24.9 Å². The number of aromatic nitrogens is 5. The summed E-state index contributed by atoms with van der Waals surface area (Å²) in [5.41, 5.74) is 3.78. The topological polar surface area (TPSA) is 121 Å². The highest BCUT2D eigenvalue weighted by Crippen LogP contribution is 2.25. The molecule has 1 N–H and O–H groups in total. The van der Waals surface area contributed by atoms with Crippen LogP contribution < -0.4 is 10.1 Å². The summed E-state index contributed by atoms with van der Waals surface area (Å²) >= 11 is 0. The first-order chi connectivity index (χ1) is 16.9. The number of aryl methyl sites for hydroxylation is 2. The second-order valence-electron chi connectivity index (χ2n) is 7.95. The molecule has 4 heterocycles. The fourth-order valence-electron chi connectivity index (χ4n) is 3.47. The molecule has 0 saturated carbocycles. The molecule has 1 aromatic carbocycles. The first-order valence-electron chi connectivity index (χ1n) is 10.9. The van der Waals surface area contributed by atoms with Crippen molar-refractivity contribution >= 4 is 11.6 Å². The number of anilines is 1. The number of carbonyl (C=O) groups is 1. The molecule has 0 spiro atoms. The zero-order chi connectivity index (χ0) is 24.5. The molecule has 10 nitrogen and oxygen atoms in total. The number of hydrogen-bond acceptors (Lipinski definition) is 8. The van der Waals surface area contributed by atoms with Gasteiger partial charge in [0.15, 0.2) is 17.3 Å². The predicted octanol–water partition coefficient (Wildman–Crippen LogP) is 5.19. The van der Waals surface area contributed by atoms with Gasteiger partial charge in [-0.1, -0.05) is 5.16 Å². The molecular weight excluding hydrogens is 448 g/mol. The Balaban J connectivity index is 1.28. The van der Waals surface area contributed by atoms with Gasteiger partial charge in [-0.05, 0) is 69.7 Å². The summed E-state index contributed by atoms with van der Waals surface area (Å²) in [6.07, 6.45) is 1.52. The molecule has 0 aliphatic carbocycles. The van der Waals surface area contributed by atoms with Gasteiger partial charge in [-0.15, -0.1) is 0 Å². The zero-order valence-electron chi connectivity index (χ0n) is 19.6. The Bertz CT molecular complexity index is 1500. The normalized spacial score (nSPS) is 11.0. The fraction of sp³-hybridized carbons (Fsp3) is 0.160. The average Bonchev–Trinajstić information content (AvgIpc) is 3.58. The molecule has 176 valence electrons. The maximum Gasteiger partial charge on any atom is 0.277 e. The number of amides is 1. The van der Waals surface area contributed by atoms with E-state index in [0.29, 0.717) is 40.5 Å². The van der Waals surface area contributed by atoms with Gasteiger partial charge in [-0.25, -0.2) is 9.67 Å². The Labute approximate surface area is 200 Å². The van der Waals surface area contributed by atoms with Crippen LogP contribution in [0.4, 0.5) is 5.69 Å². The van der Waals surface area contributed by atoms with Crippen molar-refractivity contribution in [1.29, 1.82) is 0 Å². The minimum Gasteiger partial charge on any atom is -0.461 e. The van der Waals surface area contributed by atoms with E-state index >= 15 is 0 Å². The van der Waals surface area contributed by atoms with Crippen LogP contribution in [0.5, 0.6) is 11.6 Å². The van der Waals surface area contributed by atoms with Crippen molar-refractivity contribution in [3.8, 4) is 29.0 Å². The lowest BCUT2D eigenvalue weighted by atomic mass is 10.2. The van der Waals surface area contributed by atoms with Gasteiger partial charge >= 0.3 is 0 Å². The molecule has 0 atom stereocenters. The zero-order valence-corrected chi connectivity index (χ0v) is 19.6. The third-order valence-corrected chi connectivity index (χ3v) is 5.51. The minimum absolute atomic E-state index is 0.139. The van der Waals surface area contributed by atoms with E-state index < -0.39 is 5.91 Å². The quantitative estimate of drug-likeness (QED) is 0.360. The molecule has 0 aliphatic heterocycles. The summed E-state index contributed by atoms with van der Waals surface area (Å²) in [5, 5.41) is 11.1. The molecule has 4 aromatic heterocycles. The summed E-state index contributed by atoms with van der Waals surface area (Å²) in [5.74, 6) is 2.60. The smallest absolute Gasteiger partial charge is 0.277 e. The molecule has 0 aliphatic rings. The minimum atomic E-state index is -0.406. The molecule has 5 rings (SSSR count). The Hall–Kier alpha value is -4.73. The second kappa shape index (κ2) is 8.90. The van der Waals surface area contributed by atoms with Crippen LogP contribution in [0.15, 0.2) is 63.7 Å². The number of benzene rings is 1. The number of hydrogen-bond donors (Lipinski definition) is 1. The monoisotopic (exact) mass is 470 g/mol. The number of rotatable bonds is 6. The third kappa shape index (κ3) is 4.54. The molecule has 0 unspecified atom stereocenters. The van der Waals surface area contributed by atoms with Gasteiger partial charge in [0.05, 0.1) is 12.0 Å². The van der Waals surface area contributed by atoms with E-state index in [9.17, 15) is 4.79 Å². The van der Waals surface area contributed by atoms with Crippen LogP contribution in [0, 0.1) is 27.7 Å². The standard InChI is InChI=1S/C25H22N6O4/c1-14-15(2)29-31(16(14)3)23-13-24(27-17(4)26-23)34-19-9-7-18(8-10-19)28-25(32)20-12-22(35-30-20)21-6-5-11-33-21/h5-13H,1-4H3,(H,28,32). The van der Waals surface area contributed by atoms with E-state index in [0.717, 1.165) is 17.0 Å². The number of nitrogens with one attached hydrogen (secondary N) is 1. The van der Waals surface area contributed by atoms with Crippen LogP contribution in [0.2, 0.25) is 0 Å². The number of carbonyl (C=O) groups excluding carboxylic acids is 1. The second-order valence-corrected chi connectivity index (χ2v) is 7.95. The van der Waals surface area contributed by atoms with Gasteiger partial charge in [0.1, 0.15) is 11.6 Å². The molecule has 35 heavy (non-hydrogen) atoms. The van der Waals surface area contributed by atoms with Gasteiger partial charge in [0, 0.05) is 23.5 Å². The SMILES string of the molecule is Cc1nc(Oc2ccc(NC(=O)c3cc(-c4ccco4)on3)cc2)cc(-n2nc(C)c(C)c2C)n1. The van der Waals surface area contributed by atoms with Gasteiger partial charge in [-0.3, -0.25) is 4.79 Å². The maximum atomic E-state index is 12.5. The van der Waals surface area contributed by atoms with Crippen LogP contribution in [-0.4, -0.2) is 30.8 Å². The molecule has 5 aromatic rings. The van der Waals surface area contributed by atoms with Crippen molar-refractivity contribution in [3.05, 3.63) is 83.3 Å². The first-order valence-corrected chi connectivity index (χ1v) is 10.9. The van der Waals surface area contributed by atoms with Gasteiger partial charge in [-0.2, -0.15) is 10.1 Å². The molecule has 0 saturated heterocycles. The van der Waals surface area contributed by atoms with Crippen molar-refractivity contribution in [2.45, 2.75) is 27.7 Å². The lowest BCUT2D eigenvalue weighted by molar-refractivity contribution is 0.101. The summed E-state index contributed by atoms with van der Waals surface area (Å²) < 4.78 is 18.2. The largest absolute Gasteiger partial charge is 0.461 e. The van der Waals surface area contributed by atoms with Gasteiger partial charge in [0.25, 0.3) is 5.91 Å². The number of ether oxygens (including phenoxy) is 1. The summed E-state index contributed by atoms with van der Waals surface area (Å²) in [4.78, 5) is 21.4. The molecule has 0 radical (unpaired) electrons. The Morgan fingerprint density at radius 1 is 1.00 bits per heavy atom. The summed E-state index contributed by atoms with van der Waals surface area (Å²) in [6, 6.07) is 13.6. The van der Waals surface area contributed by atoms with E-state index in [1.54, 1.807) is 54.1 Å². The van der Waals surface area contributed by atoms with Crippen molar-refractivity contribution in [2.75, 3.05) is 5.32 Å². The van der Waals surface area contributed by atoms with Crippen molar-refractivity contribution in [2.24, 2.45) is 0 Å². The maximum absolute atomic E-state index is 12.5. The highest BCUT2D eigenvalue weighted by atomic mass is 16.5. The number of furan rings is 1. The van der Waals surface area contributed by atoms with Gasteiger partial charge < -0.3 is 19.0 Å². The van der Waals surface area contributed by atoms with Crippen LogP contribution in [-0.2, 0) is 0 Å². The number of nitrogens with zero attached hydrogens (tertiary/aromatic N) is 5. The average molecular weight is 470 g/mol.